The van der Waals surface area contributed by atoms with E-state index in [9.17, 15) is 4.79 Å². The number of likely N-dealkylation sites (tertiary alicyclic amines) is 1. The molecule has 20 heavy (non-hydrogen) atoms. The van der Waals surface area contributed by atoms with Crippen LogP contribution < -0.4 is 5.32 Å². The number of rotatable bonds is 4. The van der Waals surface area contributed by atoms with E-state index in [0.717, 1.165) is 24.6 Å². The molecule has 2 aromatic heterocycles. The van der Waals surface area contributed by atoms with E-state index in [0.29, 0.717) is 10.0 Å². The van der Waals surface area contributed by atoms with Crippen molar-refractivity contribution in [2.45, 2.75) is 25.8 Å². The van der Waals surface area contributed by atoms with E-state index in [4.69, 9.17) is 0 Å². The molecule has 0 bridgehead atoms. The third kappa shape index (κ3) is 3.41. The summed E-state index contributed by atoms with van der Waals surface area (Å²) < 4.78 is 0. The third-order valence-corrected chi connectivity index (χ3v) is 4.93. The molecule has 1 amide bonds. The Labute approximate surface area is 125 Å². The topological polar surface area (TPSA) is 58.1 Å². The minimum absolute atomic E-state index is 0.110. The molecule has 0 spiro atoms. The zero-order chi connectivity index (χ0) is 13.8. The lowest BCUT2D eigenvalue weighted by Gasteiger charge is -2.24. The highest BCUT2D eigenvalue weighted by Gasteiger charge is 2.15. The Hall–Kier alpha value is -1.31. The Kier molecular flexibility index (Phi) is 4.39. The average molecular weight is 308 g/mol. The van der Waals surface area contributed by atoms with Crippen LogP contribution in [0.5, 0.6) is 0 Å². The summed E-state index contributed by atoms with van der Waals surface area (Å²) in [6, 6.07) is 3.66. The van der Waals surface area contributed by atoms with Gasteiger partial charge in [0, 0.05) is 0 Å². The molecular formula is C13H16N4OS2. The van der Waals surface area contributed by atoms with Crippen LogP contribution in [-0.4, -0.2) is 34.1 Å². The second-order valence-corrected chi connectivity index (χ2v) is 6.78. The Bertz CT molecular complexity index is 561. The van der Waals surface area contributed by atoms with Gasteiger partial charge in [0.05, 0.1) is 11.4 Å². The summed E-state index contributed by atoms with van der Waals surface area (Å²) in [5.74, 6) is -0.110. The smallest absolute Gasteiger partial charge is 0.267 e. The lowest BCUT2D eigenvalue weighted by Crippen LogP contribution is -2.28. The van der Waals surface area contributed by atoms with Gasteiger partial charge in [0.15, 0.2) is 0 Å². The van der Waals surface area contributed by atoms with Crippen LogP contribution in [0.3, 0.4) is 0 Å². The van der Waals surface area contributed by atoms with E-state index in [1.807, 2.05) is 11.4 Å². The number of piperidine rings is 1. The van der Waals surface area contributed by atoms with Gasteiger partial charge >= 0.3 is 0 Å². The van der Waals surface area contributed by atoms with E-state index in [1.54, 1.807) is 6.07 Å². The first-order valence-electron chi connectivity index (χ1n) is 6.71. The molecule has 7 heteroatoms. The second kappa shape index (κ2) is 6.43. The Morgan fingerprint density at radius 1 is 1.30 bits per heavy atom. The number of thiophene rings is 1. The van der Waals surface area contributed by atoms with Crippen molar-refractivity contribution < 1.29 is 4.79 Å². The van der Waals surface area contributed by atoms with Gasteiger partial charge in [-0.25, -0.2) is 0 Å². The third-order valence-electron chi connectivity index (χ3n) is 3.24. The van der Waals surface area contributed by atoms with Crippen LogP contribution >= 0.6 is 22.7 Å². The van der Waals surface area contributed by atoms with Crippen molar-refractivity contribution in [1.82, 2.24) is 15.1 Å². The summed E-state index contributed by atoms with van der Waals surface area (Å²) in [7, 11) is 0. The van der Waals surface area contributed by atoms with E-state index < -0.39 is 0 Å². The minimum Gasteiger partial charge on any atom is -0.297 e. The number of nitrogens with zero attached hydrogens (tertiary/aromatic N) is 3. The van der Waals surface area contributed by atoms with E-state index in [2.05, 4.69) is 20.4 Å². The molecule has 0 radical (unpaired) electrons. The molecule has 1 saturated heterocycles. The second-order valence-electron chi connectivity index (χ2n) is 4.77. The van der Waals surface area contributed by atoms with Gasteiger partial charge in [0.1, 0.15) is 5.01 Å². The molecule has 3 heterocycles. The van der Waals surface area contributed by atoms with Gasteiger partial charge in [0.2, 0.25) is 5.13 Å². The van der Waals surface area contributed by atoms with Crippen molar-refractivity contribution in [2.24, 2.45) is 0 Å². The molecule has 1 fully saturated rings. The van der Waals surface area contributed by atoms with Crippen molar-refractivity contribution in [3.8, 4) is 0 Å². The lowest BCUT2D eigenvalue weighted by molar-refractivity contribution is 0.103. The molecule has 5 nitrogen and oxygen atoms in total. The number of nitrogens with one attached hydrogen (secondary N) is 1. The standard InChI is InChI=1S/C13H16N4OS2/c18-12(10-5-4-8-19-10)14-13-16-15-11(20-13)9-17-6-2-1-3-7-17/h4-5,8H,1-3,6-7,9H2,(H,14,16,18). The Morgan fingerprint density at radius 3 is 2.90 bits per heavy atom. The van der Waals surface area contributed by atoms with Crippen LogP contribution in [-0.2, 0) is 6.54 Å². The lowest BCUT2D eigenvalue weighted by atomic mass is 10.1. The number of anilines is 1. The van der Waals surface area contributed by atoms with Crippen LogP contribution in [0.25, 0.3) is 0 Å². The van der Waals surface area contributed by atoms with Gasteiger partial charge in [-0.1, -0.05) is 23.8 Å². The van der Waals surface area contributed by atoms with Crippen LogP contribution in [0, 0.1) is 0 Å². The zero-order valence-corrected chi connectivity index (χ0v) is 12.7. The molecule has 0 saturated carbocycles. The van der Waals surface area contributed by atoms with Crippen molar-refractivity contribution in [1.29, 1.82) is 0 Å². The number of amides is 1. The summed E-state index contributed by atoms with van der Waals surface area (Å²) in [5, 5.41) is 14.4. The molecule has 106 valence electrons. The first-order valence-corrected chi connectivity index (χ1v) is 8.40. The molecule has 1 aliphatic heterocycles. The fourth-order valence-electron chi connectivity index (χ4n) is 2.24. The monoisotopic (exact) mass is 308 g/mol. The highest BCUT2D eigenvalue weighted by atomic mass is 32.1. The molecule has 1 N–H and O–H groups in total. The molecule has 1 aliphatic rings. The van der Waals surface area contributed by atoms with E-state index in [1.165, 1.54) is 41.9 Å². The predicted octanol–water partition coefficient (Wildman–Crippen LogP) is 2.84. The summed E-state index contributed by atoms with van der Waals surface area (Å²) in [6.45, 7) is 3.11. The van der Waals surface area contributed by atoms with Crippen molar-refractivity contribution >= 4 is 33.7 Å². The molecule has 0 atom stereocenters. The molecular weight excluding hydrogens is 292 g/mol. The van der Waals surface area contributed by atoms with Crippen molar-refractivity contribution in [3.63, 3.8) is 0 Å². The maximum Gasteiger partial charge on any atom is 0.267 e. The fourth-order valence-corrected chi connectivity index (χ4v) is 3.64. The first-order chi connectivity index (χ1) is 9.81. The van der Waals surface area contributed by atoms with Gasteiger partial charge in [0.25, 0.3) is 5.91 Å². The van der Waals surface area contributed by atoms with Crippen LogP contribution in [0.4, 0.5) is 5.13 Å². The van der Waals surface area contributed by atoms with Crippen molar-refractivity contribution in [2.75, 3.05) is 18.4 Å². The van der Waals surface area contributed by atoms with Gasteiger partial charge < -0.3 is 0 Å². The molecule has 2 aromatic rings. The fraction of sp³-hybridized carbons (Fsp3) is 0.462. The van der Waals surface area contributed by atoms with Gasteiger partial charge in [-0.15, -0.1) is 21.5 Å². The number of carbonyl (C=O) groups is 1. The molecule has 0 unspecified atom stereocenters. The number of aromatic nitrogens is 2. The predicted molar refractivity (Wildman–Crippen MR) is 81.3 cm³/mol. The Morgan fingerprint density at radius 2 is 2.15 bits per heavy atom. The van der Waals surface area contributed by atoms with E-state index in [-0.39, 0.29) is 5.91 Å². The van der Waals surface area contributed by atoms with E-state index >= 15 is 0 Å². The SMILES string of the molecule is O=C(Nc1nnc(CN2CCCCC2)s1)c1cccs1. The van der Waals surface area contributed by atoms with Crippen molar-refractivity contribution in [3.05, 3.63) is 27.4 Å². The molecule has 0 aromatic carbocycles. The summed E-state index contributed by atoms with van der Waals surface area (Å²) in [6.07, 6.45) is 3.86. The molecule has 3 rings (SSSR count). The quantitative estimate of drug-likeness (QED) is 0.943. The zero-order valence-electron chi connectivity index (χ0n) is 11.0. The maximum atomic E-state index is 11.9. The highest BCUT2D eigenvalue weighted by Crippen LogP contribution is 2.20. The average Bonchev–Trinajstić information content (AvgIpc) is 3.11. The van der Waals surface area contributed by atoms with Crippen LogP contribution in [0.2, 0.25) is 0 Å². The summed E-state index contributed by atoms with van der Waals surface area (Å²) in [4.78, 5) is 15.0. The summed E-state index contributed by atoms with van der Waals surface area (Å²) >= 11 is 2.88. The maximum absolute atomic E-state index is 11.9. The van der Waals surface area contributed by atoms with Crippen LogP contribution in [0.15, 0.2) is 17.5 Å². The van der Waals surface area contributed by atoms with Gasteiger partial charge in [-0.2, -0.15) is 0 Å². The van der Waals surface area contributed by atoms with Crippen LogP contribution in [0.1, 0.15) is 33.9 Å². The van der Waals surface area contributed by atoms with Gasteiger partial charge in [-0.05, 0) is 37.4 Å². The normalized spacial score (nSPS) is 16.2. The number of hydrogen-bond donors (Lipinski definition) is 1. The highest BCUT2D eigenvalue weighted by molar-refractivity contribution is 7.15. The first kappa shape index (κ1) is 13.7. The molecule has 0 aliphatic carbocycles. The Balaban J connectivity index is 1.57. The minimum atomic E-state index is -0.110. The summed E-state index contributed by atoms with van der Waals surface area (Å²) in [5.41, 5.74) is 0. The van der Waals surface area contributed by atoms with Gasteiger partial charge in [-0.3, -0.25) is 15.0 Å². The largest absolute Gasteiger partial charge is 0.297 e. The number of hydrogen-bond acceptors (Lipinski definition) is 6. The number of carbonyl (C=O) groups excluding carboxylic acids is 1.